The van der Waals surface area contributed by atoms with E-state index in [1.54, 1.807) is 16.5 Å². The number of anilines is 1. The Bertz CT molecular complexity index is 703. The topological polar surface area (TPSA) is 93.1 Å². The minimum Gasteiger partial charge on any atom is -0.390 e. The molecule has 0 unspecified atom stereocenters. The summed E-state index contributed by atoms with van der Waals surface area (Å²) in [5.41, 5.74) is 1.76. The van der Waals surface area contributed by atoms with Crippen LogP contribution < -0.4 is 10.4 Å². The molecule has 7 heteroatoms. The zero-order valence-corrected chi connectivity index (χ0v) is 16.1. The van der Waals surface area contributed by atoms with Crippen LogP contribution >= 0.6 is 0 Å². The number of amides is 2. The lowest BCUT2D eigenvalue weighted by Crippen LogP contribution is -2.54. The predicted octanol–water partition coefficient (Wildman–Crippen LogP) is 1.56. The Labute approximate surface area is 165 Å². The van der Waals surface area contributed by atoms with Crippen molar-refractivity contribution in [2.24, 2.45) is 11.8 Å². The molecule has 2 amide bonds. The van der Waals surface area contributed by atoms with Gasteiger partial charge in [0.05, 0.1) is 17.4 Å². The molecule has 1 aromatic rings. The first-order valence-corrected chi connectivity index (χ1v) is 9.83. The van der Waals surface area contributed by atoms with Crippen molar-refractivity contribution in [3.8, 4) is 0 Å². The van der Waals surface area contributed by atoms with Gasteiger partial charge < -0.3 is 14.9 Å². The van der Waals surface area contributed by atoms with Gasteiger partial charge in [0.1, 0.15) is 0 Å². The summed E-state index contributed by atoms with van der Waals surface area (Å²) < 4.78 is 0. The van der Waals surface area contributed by atoms with Crippen molar-refractivity contribution in [2.75, 3.05) is 31.1 Å². The molecule has 0 spiro atoms. The number of benzene rings is 1. The molecule has 152 valence electrons. The SMILES string of the molecule is C=CC[C@]1(O)CC[C@H](C(=O)N2CCN(c3ccccc3)CC2)[C@@H](C(=O)NO)C1. The molecule has 0 aromatic heterocycles. The van der Waals surface area contributed by atoms with Gasteiger partial charge in [0.2, 0.25) is 11.8 Å². The van der Waals surface area contributed by atoms with E-state index in [-0.39, 0.29) is 12.3 Å². The van der Waals surface area contributed by atoms with Crippen molar-refractivity contribution in [1.29, 1.82) is 0 Å². The highest BCUT2D eigenvalue weighted by Crippen LogP contribution is 2.40. The zero-order valence-electron chi connectivity index (χ0n) is 16.1. The predicted molar refractivity (Wildman–Crippen MR) is 106 cm³/mol. The molecule has 1 aromatic carbocycles. The molecule has 3 rings (SSSR count). The Kier molecular flexibility index (Phi) is 6.36. The molecule has 2 aliphatic rings. The molecular formula is C21H29N3O4. The van der Waals surface area contributed by atoms with Crippen LogP contribution in [0.2, 0.25) is 0 Å². The molecule has 1 heterocycles. The van der Waals surface area contributed by atoms with Gasteiger partial charge in [-0.2, -0.15) is 0 Å². The highest BCUT2D eigenvalue weighted by Gasteiger charge is 2.46. The summed E-state index contributed by atoms with van der Waals surface area (Å²) in [4.78, 5) is 29.4. The van der Waals surface area contributed by atoms with Crippen molar-refractivity contribution in [3.05, 3.63) is 43.0 Å². The van der Waals surface area contributed by atoms with Crippen molar-refractivity contribution < 1.29 is 19.9 Å². The highest BCUT2D eigenvalue weighted by atomic mass is 16.5. The van der Waals surface area contributed by atoms with Gasteiger partial charge in [-0.1, -0.05) is 24.3 Å². The molecule has 1 saturated heterocycles. The van der Waals surface area contributed by atoms with E-state index in [9.17, 15) is 14.7 Å². The lowest BCUT2D eigenvalue weighted by Gasteiger charge is -2.43. The van der Waals surface area contributed by atoms with Crippen LogP contribution in [0.5, 0.6) is 0 Å². The molecule has 0 bridgehead atoms. The quantitative estimate of drug-likeness (QED) is 0.405. The number of para-hydroxylation sites is 1. The average Bonchev–Trinajstić information content (AvgIpc) is 2.73. The van der Waals surface area contributed by atoms with Crippen molar-refractivity contribution in [3.63, 3.8) is 0 Å². The zero-order chi connectivity index (χ0) is 20.1. The minimum absolute atomic E-state index is 0.0676. The first-order valence-electron chi connectivity index (χ1n) is 9.83. The smallest absolute Gasteiger partial charge is 0.247 e. The summed E-state index contributed by atoms with van der Waals surface area (Å²) in [6.07, 6.45) is 2.98. The van der Waals surface area contributed by atoms with E-state index in [0.717, 1.165) is 18.8 Å². The molecule has 3 atom stereocenters. The Hall–Kier alpha value is -2.38. The van der Waals surface area contributed by atoms with Crippen molar-refractivity contribution in [2.45, 2.75) is 31.3 Å². The van der Waals surface area contributed by atoms with E-state index < -0.39 is 23.3 Å². The first kappa shape index (κ1) is 20.4. The van der Waals surface area contributed by atoms with Crippen LogP contribution in [0.1, 0.15) is 25.7 Å². The summed E-state index contributed by atoms with van der Waals surface area (Å²) in [5.74, 6) is -1.95. The normalized spacial score (nSPS) is 27.9. The Morgan fingerprint density at radius 2 is 1.86 bits per heavy atom. The van der Waals surface area contributed by atoms with Crippen LogP contribution in [-0.2, 0) is 9.59 Å². The Morgan fingerprint density at radius 3 is 2.46 bits per heavy atom. The maximum absolute atomic E-state index is 13.1. The van der Waals surface area contributed by atoms with E-state index in [2.05, 4.69) is 23.6 Å². The number of piperazine rings is 1. The summed E-state index contributed by atoms with van der Waals surface area (Å²) in [7, 11) is 0. The maximum atomic E-state index is 13.1. The number of hydrogen-bond donors (Lipinski definition) is 3. The second kappa shape index (κ2) is 8.75. The summed E-state index contributed by atoms with van der Waals surface area (Å²) in [5, 5.41) is 19.8. The third-order valence-electron chi connectivity index (χ3n) is 6.01. The van der Waals surface area contributed by atoms with Crippen LogP contribution in [0.3, 0.4) is 0 Å². The first-order chi connectivity index (χ1) is 13.5. The molecule has 1 saturated carbocycles. The van der Waals surface area contributed by atoms with E-state index in [4.69, 9.17) is 5.21 Å². The van der Waals surface area contributed by atoms with Gasteiger partial charge in [-0.15, -0.1) is 6.58 Å². The molecule has 0 radical (unpaired) electrons. The van der Waals surface area contributed by atoms with Crippen molar-refractivity contribution >= 4 is 17.5 Å². The van der Waals surface area contributed by atoms with Gasteiger partial charge in [0.15, 0.2) is 0 Å². The van der Waals surface area contributed by atoms with Crippen LogP contribution in [0.4, 0.5) is 5.69 Å². The molecule has 7 nitrogen and oxygen atoms in total. The summed E-state index contributed by atoms with van der Waals surface area (Å²) >= 11 is 0. The van der Waals surface area contributed by atoms with Gasteiger partial charge in [0.25, 0.3) is 0 Å². The standard InChI is InChI=1S/C21H29N3O4/c1-2-9-21(27)10-8-17(18(15-21)19(25)22-28)20(26)24-13-11-23(12-14-24)16-6-4-3-5-7-16/h2-7,17-18,27-28H,1,8-15H2,(H,22,25)/t17-,18-,21-/m0/s1. The second-order valence-corrected chi connectivity index (χ2v) is 7.80. The largest absolute Gasteiger partial charge is 0.390 e. The monoisotopic (exact) mass is 387 g/mol. The molecule has 3 N–H and O–H groups in total. The Balaban J connectivity index is 1.66. The van der Waals surface area contributed by atoms with E-state index >= 15 is 0 Å². The number of nitrogens with one attached hydrogen (secondary N) is 1. The number of rotatable bonds is 5. The van der Waals surface area contributed by atoms with Gasteiger partial charge in [-0.25, -0.2) is 5.48 Å². The lowest BCUT2D eigenvalue weighted by atomic mass is 9.69. The molecule has 1 aliphatic heterocycles. The van der Waals surface area contributed by atoms with Crippen LogP contribution in [0.15, 0.2) is 43.0 Å². The number of carbonyl (C=O) groups excluding carboxylic acids is 2. The third-order valence-corrected chi connectivity index (χ3v) is 6.01. The molecule has 2 fully saturated rings. The number of hydrogen-bond acceptors (Lipinski definition) is 5. The second-order valence-electron chi connectivity index (χ2n) is 7.80. The van der Waals surface area contributed by atoms with Crippen LogP contribution in [0.25, 0.3) is 0 Å². The summed E-state index contributed by atoms with van der Waals surface area (Å²) in [6, 6.07) is 10.1. The number of aliphatic hydroxyl groups is 1. The average molecular weight is 387 g/mol. The van der Waals surface area contributed by atoms with E-state index in [0.29, 0.717) is 32.4 Å². The fourth-order valence-corrected chi connectivity index (χ4v) is 4.45. The lowest BCUT2D eigenvalue weighted by molar-refractivity contribution is -0.152. The minimum atomic E-state index is -1.05. The van der Waals surface area contributed by atoms with Gasteiger partial charge in [-0.05, 0) is 37.8 Å². The molecule has 1 aliphatic carbocycles. The maximum Gasteiger partial charge on any atom is 0.247 e. The van der Waals surface area contributed by atoms with E-state index in [1.165, 1.54) is 0 Å². The Morgan fingerprint density at radius 1 is 1.18 bits per heavy atom. The molecule has 28 heavy (non-hydrogen) atoms. The number of carbonyl (C=O) groups is 2. The third kappa shape index (κ3) is 4.36. The van der Waals surface area contributed by atoms with Gasteiger partial charge in [-0.3, -0.25) is 14.8 Å². The van der Waals surface area contributed by atoms with Crippen LogP contribution in [-0.4, -0.2) is 58.8 Å². The fraction of sp³-hybridized carbons (Fsp3) is 0.524. The van der Waals surface area contributed by atoms with Crippen LogP contribution in [0, 0.1) is 11.8 Å². The number of nitrogens with zero attached hydrogens (tertiary/aromatic N) is 2. The molecular weight excluding hydrogens is 358 g/mol. The van der Waals surface area contributed by atoms with Gasteiger partial charge in [0, 0.05) is 31.9 Å². The number of hydroxylamine groups is 1. The van der Waals surface area contributed by atoms with Crippen molar-refractivity contribution in [1.82, 2.24) is 10.4 Å². The fourth-order valence-electron chi connectivity index (χ4n) is 4.45. The summed E-state index contributed by atoms with van der Waals surface area (Å²) in [6.45, 7) is 6.32. The van der Waals surface area contributed by atoms with Gasteiger partial charge >= 0.3 is 0 Å². The van der Waals surface area contributed by atoms with E-state index in [1.807, 2.05) is 18.2 Å². The highest BCUT2D eigenvalue weighted by molar-refractivity contribution is 5.87.